The number of nitrogens with one attached hydrogen (secondary N) is 1. The van der Waals surface area contributed by atoms with Gasteiger partial charge in [-0.1, -0.05) is 30.3 Å². The summed E-state index contributed by atoms with van der Waals surface area (Å²) in [5.41, 5.74) is -2.52. The first kappa shape index (κ1) is 27.0. The van der Waals surface area contributed by atoms with Crippen molar-refractivity contribution in [1.82, 2.24) is 0 Å². The largest absolute Gasteiger partial charge is 0.479 e. The highest BCUT2D eigenvalue weighted by atomic mass is 19.4. The molecule has 1 aliphatic heterocycles. The lowest BCUT2D eigenvalue weighted by Gasteiger charge is -2.33. The Balaban J connectivity index is 1.58. The van der Waals surface area contributed by atoms with Crippen molar-refractivity contribution in [3.63, 3.8) is 0 Å². The Hall–Kier alpha value is -4.02. The molecule has 0 aromatic heterocycles. The van der Waals surface area contributed by atoms with Crippen LogP contribution in [0.4, 0.5) is 37.7 Å². The average molecular weight is 536 g/mol. The molecule has 0 spiro atoms. The summed E-state index contributed by atoms with van der Waals surface area (Å²) in [5.74, 6) is -1.14. The van der Waals surface area contributed by atoms with Crippen LogP contribution < -0.4 is 15.0 Å². The second-order valence-electron chi connectivity index (χ2n) is 8.77. The average Bonchev–Trinajstić information content (AvgIpc) is 2.86. The van der Waals surface area contributed by atoms with Gasteiger partial charge >= 0.3 is 12.4 Å². The number of carbonyl (C=O) groups is 2. The van der Waals surface area contributed by atoms with E-state index in [-0.39, 0.29) is 17.7 Å². The molecule has 0 bridgehead atoms. The maximum atomic E-state index is 13.2. The van der Waals surface area contributed by atoms with Crippen LogP contribution in [0.3, 0.4) is 0 Å². The van der Waals surface area contributed by atoms with Crippen LogP contribution in [0.15, 0.2) is 66.7 Å². The van der Waals surface area contributed by atoms with Gasteiger partial charge < -0.3 is 15.0 Å². The molecular weight excluding hydrogens is 514 g/mol. The number of benzene rings is 3. The summed E-state index contributed by atoms with van der Waals surface area (Å²) in [6.07, 6.45) is -9.62. The fourth-order valence-corrected chi connectivity index (χ4v) is 4.09. The third-order valence-electron chi connectivity index (χ3n) is 5.96. The molecule has 4 rings (SSSR count). The first-order valence-corrected chi connectivity index (χ1v) is 11.6. The van der Waals surface area contributed by atoms with Crippen molar-refractivity contribution in [3.05, 3.63) is 89.0 Å². The molecule has 5 nitrogen and oxygen atoms in total. The Bertz CT molecular complexity index is 1310. The molecule has 200 valence electrons. The van der Waals surface area contributed by atoms with Gasteiger partial charge in [-0.25, -0.2) is 0 Å². The fourth-order valence-electron chi connectivity index (χ4n) is 4.09. The predicted molar refractivity (Wildman–Crippen MR) is 128 cm³/mol. The number of hydrogen-bond donors (Lipinski definition) is 1. The number of halogens is 6. The second-order valence-corrected chi connectivity index (χ2v) is 8.77. The third kappa shape index (κ3) is 6.09. The number of amides is 2. The van der Waals surface area contributed by atoms with Crippen LogP contribution in [-0.2, 0) is 23.6 Å². The van der Waals surface area contributed by atoms with Crippen LogP contribution >= 0.6 is 0 Å². The summed E-state index contributed by atoms with van der Waals surface area (Å²) >= 11 is 0. The van der Waals surface area contributed by atoms with E-state index in [9.17, 15) is 35.9 Å². The standard InChI is InChI=1S/C27H22F6N2O3/c1-16-25(37)35(11-5-8-17-6-3-2-4-7-17)22-15-21(9-10-23(22)38-16)34-24(36)18-12-19(26(28,29)30)14-20(13-18)27(31,32)33/h2-4,6-7,9-10,12-16H,5,8,11H2,1H3,(H,34,36). The summed E-state index contributed by atoms with van der Waals surface area (Å²) in [6.45, 7) is 1.92. The van der Waals surface area contributed by atoms with Crippen molar-refractivity contribution in [1.29, 1.82) is 0 Å². The number of fused-ring (bicyclic) bond motifs is 1. The van der Waals surface area contributed by atoms with Crippen LogP contribution in [0.1, 0.15) is 40.4 Å². The maximum absolute atomic E-state index is 13.2. The van der Waals surface area contributed by atoms with Crippen molar-refractivity contribution in [2.45, 2.75) is 38.2 Å². The number of aryl methyl sites for hydroxylation is 1. The quantitative estimate of drug-likeness (QED) is 0.356. The smallest absolute Gasteiger partial charge is 0.416 e. The summed E-state index contributed by atoms with van der Waals surface area (Å²) in [7, 11) is 0. The van der Waals surface area contributed by atoms with Crippen molar-refractivity contribution in [3.8, 4) is 5.75 Å². The van der Waals surface area contributed by atoms with Gasteiger partial charge in [-0.05, 0) is 61.7 Å². The van der Waals surface area contributed by atoms with Crippen LogP contribution in [0.25, 0.3) is 0 Å². The topological polar surface area (TPSA) is 58.6 Å². The van der Waals surface area contributed by atoms with Crippen molar-refractivity contribution in [2.24, 2.45) is 0 Å². The molecule has 0 fully saturated rings. The minimum atomic E-state index is -5.09. The summed E-state index contributed by atoms with van der Waals surface area (Å²) in [4.78, 5) is 27.1. The molecule has 3 aromatic carbocycles. The molecule has 1 N–H and O–H groups in total. The Morgan fingerprint density at radius 2 is 1.55 bits per heavy atom. The fraction of sp³-hybridized carbons (Fsp3) is 0.259. The zero-order chi connectivity index (χ0) is 27.7. The number of alkyl halides is 6. The summed E-state index contributed by atoms with van der Waals surface area (Å²) in [5, 5.41) is 2.33. The molecular formula is C27H22F6N2O3. The minimum absolute atomic E-state index is 0.0485. The molecule has 11 heteroatoms. The van der Waals surface area contributed by atoms with Gasteiger partial charge in [0.25, 0.3) is 11.8 Å². The summed E-state index contributed by atoms with van der Waals surface area (Å²) < 4.78 is 84.8. The Labute approximate surface area is 214 Å². The van der Waals surface area contributed by atoms with Crippen LogP contribution in [0.5, 0.6) is 5.75 Å². The number of carbonyl (C=O) groups excluding carboxylic acids is 2. The first-order valence-electron chi connectivity index (χ1n) is 11.6. The van der Waals surface area contributed by atoms with E-state index in [1.807, 2.05) is 30.3 Å². The van der Waals surface area contributed by atoms with Gasteiger partial charge in [0.1, 0.15) is 5.75 Å². The van der Waals surface area contributed by atoms with Gasteiger partial charge in [0.2, 0.25) is 0 Å². The van der Waals surface area contributed by atoms with E-state index < -0.39 is 41.1 Å². The number of ether oxygens (including phenoxy) is 1. The molecule has 1 aliphatic rings. The zero-order valence-corrected chi connectivity index (χ0v) is 20.0. The van der Waals surface area contributed by atoms with E-state index >= 15 is 0 Å². The van der Waals surface area contributed by atoms with E-state index in [4.69, 9.17) is 4.74 Å². The molecule has 0 radical (unpaired) electrons. The monoisotopic (exact) mass is 536 g/mol. The zero-order valence-electron chi connectivity index (χ0n) is 20.0. The lowest BCUT2D eigenvalue weighted by molar-refractivity contribution is -0.143. The SMILES string of the molecule is CC1Oc2ccc(NC(=O)c3cc(C(F)(F)F)cc(C(F)(F)F)c3)cc2N(CCCc2ccccc2)C1=O. The Kier molecular flexibility index (Phi) is 7.39. The van der Waals surface area contributed by atoms with Gasteiger partial charge in [0, 0.05) is 17.8 Å². The highest BCUT2D eigenvalue weighted by Crippen LogP contribution is 2.38. The molecule has 0 saturated carbocycles. The first-order chi connectivity index (χ1) is 17.8. The normalized spacial score (nSPS) is 15.6. The van der Waals surface area contributed by atoms with Gasteiger partial charge in [-0.2, -0.15) is 26.3 Å². The number of anilines is 2. The van der Waals surface area contributed by atoms with E-state index in [1.54, 1.807) is 6.92 Å². The Morgan fingerprint density at radius 1 is 0.921 bits per heavy atom. The van der Waals surface area contributed by atoms with Crippen LogP contribution in [0.2, 0.25) is 0 Å². The number of nitrogens with zero attached hydrogens (tertiary/aromatic N) is 1. The third-order valence-corrected chi connectivity index (χ3v) is 5.96. The number of hydrogen-bond acceptors (Lipinski definition) is 3. The summed E-state index contributed by atoms with van der Waals surface area (Å²) in [6, 6.07) is 14.6. The molecule has 1 unspecified atom stereocenters. The maximum Gasteiger partial charge on any atom is 0.416 e. The molecule has 2 amide bonds. The molecule has 0 saturated heterocycles. The second kappa shape index (κ2) is 10.4. The Morgan fingerprint density at radius 3 is 2.16 bits per heavy atom. The van der Waals surface area contributed by atoms with Crippen LogP contribution in [-0.4, -0.2) is 24.5 Å². The van der Waals surface area contributed by atoms with E-state index in [0.717, 1.165) is 5.56 Å². The lowest BCUT2D eigenvalue weighted by Crippen LogP contribution is -2.45. The molecule has 1 heterocycles. The lowest BCUT2D eigenvalue weighted by atomic mass is 10.0. The highest BCUT2D eigenvalue weighted by molar-refractivity contribution is 6.06. The molecule has 1 atom stereocenters. The molecule has 3 aromatic rings. The van der Waals surface area contributed by atoms with Gasteiger partial charge in [0.05, 0.1) is 16.8 Å². The van der Waals surface area contributed by atoms with E-state index in [1.165, 1.54) is 23.1 Å². The van der Waals surface area contributed by atoms with E-state index in [2.05, 4.69) is 5.32 Å². The predicted octanol–water partition coefficient (Wildman–Crippen LogP) is 6.72. The minimum Gasteiger partial charge on any atom is -0.479 e. The van der Waals surface area contributed by atoms with E-state index in [0.29, 0.717) is 43.0 Å². The van der Waals surface area contributed by atoms with Crippen molar-refractivity contribution < 1.29 is 40.7 Å². The van der Waals surface area contributed by atoms with Crippen molar-refractivity contribution >= 4 is 23.2 Å². The van der Waals surface area contributed by atoms with Crippen LogP contribution in [0, 0.1) is 0 Å². The number of rotatable bonds is 6. The van der Waals surface area contributed by atoms with Gasteiger partial charge in [-0.3, -0.25) is 9.59 Å². The highest BCUT2D eigenvalue weighted by Gasteiger charge is 2.37. The van der Waals surface area contributed by atoms with Gasteiger partial charge in [-0.15, -0.1) is 0 Å². The molecule has 0 aliphatic carbocycles. The van der Waals surface area contributed by atoms with Gasteiger partial charge in [0.15, 0.2) is 6.10 Å². The molecule has 38 heavy (non-hydrogen) atoms. The van der Waals surface area contributed by atoms with Crippen molar-refractivity contribution in [2.75, 3.05) is 16.8 Å².